The average molecular weight is 414 g/mol. The lowest BCUT2D eigenvalue weighted by atomic mass is 10.1. The molecule has 27 heavy (non-hydrogen) atoms. The van der Waals surface area contributed by atoms with E-state index in [0.717, 1.165) is 11.3 Å². The van der Waals surface area contributed by atoms with Gasteiger partial charge in [0.2, 0.25) is 15.2 Å². The Hall–Kier alpha value is -2.28. The van der Waals surface area contributed by atoms with Crippen molar-refractivity contribution in [2.45, 2.75) is 4.90 Å². The molecule has 2 heterocycles. The van der Waals surface area contributed by atoms with Crippen LogP contribution in [0, 0.1) is 0 Å². The molecule has 1 aliphatic heterocycles. The predicted molar refractivity (Wildman–Crippen MR) is 97.0 cm³/mol. The van der Waals surface area contributed by atoms with Crippen LogP contribution in [0.25, 0.3) is 0 Å². The first-order valence-electron chi connectivity index (χ1n) is 7.89. The van der Waals surface area contributed by atoms with Gasteiger partial charge in [-0.25, -0.2) is 8.42 Å². The van der Waals surface area contributed by atoms with Gasteiger partial charge in [0.25, 0.3) is 5.91 Å². The zero-order valence-corrected chi connectivity index (χ0v) is 16.3. The quantitative estimate of drug-likeness (QED) is 0.738. The molecular formula is C15H18N4O6S2. The van der Waals surface area contributed by atoms with Crippen LogP contribution in [0.1, 0.15) is 10.4 Å². The molecule has 1 aromatic heterocycles. The van der Waals surface area contributed by atoms with Crippen molar-refractivity contribution in [3.8, 4) is 11.5 Å². The van der Waals surface area contributed by atoms with E-state index in [1.165, 1.54) is 36.2 Å². The average Bonchev–Trinajstić information content (AvgIpc) is 3.20. The monoisotopic (exact) mass is 414 g/mol. The number of benzene rings is 1. The van der Waals surface area contributed by atoms with Gasteiger partial charge in [-0.1, -0.05) is 11.3 Å². The lowest BCUT2D eigenvalue weighted by Gasteiger charge is -2.26. The molecule has 2 aromatic rings. The minimum absolute atomic E-state index is 0.0129. The molecule has 0 saturated carbocycles. The van der Waals surface area contributed by atoms with E-state index in [0.29, 0.717) is 13.2 Å². The third-order valence-electron chi connectivity index (χ3n) is 3.89. The summed E-state index contributed by atoms with van der Waals surface area (Å²) >= 11 is 1.14. The van der Waals surface area contributed by atoms with Crippen molar-refractivity contribution in [3.05, 3.63) is 23.2 Å². The molecule has 1 N–H and O–H groups in total. The van der Waals surface area contributed by atoms with Gasteiger partial charge in [-0.05, 0) is 6.07 Å². The molecule has 1 amide bonds. The third kappa shape index (κ3) is 4.03. The van der Waals surface area contributed by atoms with Crippen LogP contribution in [0.5, 0.6) is 11.5 Å². The standard InChI is InChI=1S/C15H18N4O6S2/c1-23-12-8-10(27(21,22)19-3-5-25-6-4-19)7-11(13(12)24-2)14(20)17-15-18-16-9-26-15/h7-9H,3-6H2,1-2H3,(H,17,18,20). The Bertz CT molecular complexity index is 911. The van der Waals surface area contributed by atoms with Gasteiger partial charge in [-0.15, -0.1) is 10.2 Å². The van der Waals surface area contributed by atoms with Crippen LogP contribution in [-0.4, -0.2) is 69.4 Å². The molecule has 12 heteroatoms. The van der Waals surface area contributed by atoms with E-state index in [-0.39, 0.29) is 40.2 Å². The molecule has 1 fully saturated rings. The summed E-state index contributed by atoms with van der Waals surface area (Å²) in [6.45, 7) is 1.11. The first-order valence-corrected chi connectivity index (χ1v) is 10.2. The first-order chi connectivity index (χ1) is 13.0. The molecule has 0 atom stereocenters. The van der Waals surface area contributed by atoms with Crippen molar-refractivity contribution in [3.63, 3.8) is 0 Å². The number of hydrogen-bond acceptors (Lipinski definition) is 9. The van der Waals surface area contributed by atoms with E-state index < -0.39 is 15.9 Å². The van der Waals surface area contributed by atoms with E-state index in [1.807, 2.05) is 0 Å². The van der Waals surface area contributed by atoms with Crippen molar-refractivity contribution in [2.24, 2.45) is 0 Å². The van der Waals surface area contributed by atoms with E-state index in [9.17, 15) is 13.2 Å². The maximum absolute atomic E-state index is 13.0. The summed E-state index contributed by atoms with van der Waals surface area (Å²) in [6, 6.07) is 2.61. The Morgan fingerprint density at radius 2 is 2.00 bits per heavy atom. The molecule has 0 unspecified atom stereocenters. The van der Waals surface area contributed by atoms with Crippen molar-refractivity contribution < 1.29 is 27.4 Å². The second-order valence-electron chi connectivity index (χ2n) is 5.42. The summed E-state index contributed by atoms with van der Waals surface area (Å²) < 4.78 is 43.0. The maximum atomic E-state index is 13.0. The highest BCUT2D eigenvalue weighted by atomic mass is 32.2. The molecule has 0 spiro atoms. The van der Waals surface area contributed by atoms with Crippen molar-refractivity contribution in [1.29, 1.82) is 0 Å². The van der Waals surface area contributed by atoms with Gasteiger partial charge < -0.3 is 14.2 Å². The Morgan fingerprint density at radius 1 is 1.26 bits per heavy atom. The number of anilines is 1. The Balaban J connectivity index is 2.04. The zero-order chi connectivity index (χ0) is 19.4. The molecule has 0 bridgehead atoms. The first kappa shape index (κ1) is 19.5. The van der Waals surface area contributed by atoms with Crippen LogP contribution in [0.4, 0.5) is 5.13 Å². The Labute approximate surface area is 160 Å². The van der Waals surface area contributed by atoms with Crippen molar-refractivity contribution >= 4 is 32.4 Å². The Morgan fingerprint density at radius 3 is 2.59 bits per heavy atom. The highest BCUT2D eigenvalue weighted by molar-refractivity contribution is 7.89. The minimum Gasteiger partial charge on any atom is -0.493 e. The fourth-order valence-electron chi connectivity index (χ4n) is 2.58. The molecular weight excluding hydrogens is 396 g/mol. The van der Waals surface area contributed by atoms with Crippen LogP contribution < -0.4 is 14.8 Å². The number of rotatable bonds is 6. The predicted octanol–water partition coefficient (Wildman–Crippen LogP) is 0.828. The fraction of sp³-hybridized carbons (Fsp3) is 0.400. The highest BCUT2D eigenvalue weighted by Crippen LogP contribution is 2.35. The van der Waals surface area contributed by atoms with Crippen molar-refractivity contribution in [2.75, 3.05) is 45.8 Å². The number of ether oxygens (including phenoxy) is 3. The summed E-state index contributed by atoms with van der Waals surface area (Å²) in [4.78, 5) is 12.6. The number of sulfonamides is 1. The Kier molecular flexibility index (Phi) is 5.89. The number of nitrogens with zero attached hydrogens (tertiary/aromatic N) is 3. The fourth-order valence-corrected chi connectivity index (χ4v) is 4.48. The molecule has 1 saturated heterocycles. The molecule has 0 radical (unpaired) electrons. The number of morpholine rings is 1. The molecule has 0 aliphatic carbocycles. The molecule has 146 valence electrons. The van der Waals surface area contributed by atoms with Gasteiger partial charge in [0, 0.05) is 19.2 Å². The summed E-state index contributed by atoms with van der Waals surface area (Å²) in [5, 5.41) is 10.2. The van der Waals surface area contributed by atoms with Gasteiger partial charge in [0.05, 0.1) is 37.9 Å². The van der Waals surface area contributed by atoms with Crippen molar-refractivity contribution in [1.82, 2.24) is 14.5 Å². The molecule has 3 rings (SSSR count). The number of amides is 1. The summed E-state index contributed by atoms with van der Waals surface area (Å²) in [7, 11) is -1.08. The van der Waals surface area contributed by atoms with Gasteiger partial charge in [0.1, 0.15) is 5.51 Å². The molecule has 1 aliphatic rings. The normalized spacial score (nSPS) is 15.3. The lowest BCUT2D eigenvalue weighted by Crippen LogP contribution is -2.40. The van der Waals surface area contributed by atoms with Gasteiger partial charge >= 0.3 is 0 Å². The third-order valence-corrected chi connectivity index (χ3v) is 6.37. The van der Waals surface area contributed by atoms with E-state index >= 15 is 0 Å². The van der Waals surface area contributed by atoms with Gasteiger partial charge in [-0.3, -0.25) is 10.1 Å². The summed E-state index contributed by atoms with van der Waals surface area (Å²) in [5.41, 5.74) is 1.48. The second-order valence-corrected chi connectivity index (χ2v) is 8.19. The molecule has 1 aromatic carbocycles. The largest absolute Gasteiger partial charge is 0.493 e. The van der Waals surface area contributed by atoms with Crippen LogP contribution in [0.15, 0.2) is 22.5 Å². The van der Waals surface area contributed by atoms with E-state index in [2.05, 4.69) is 15.5 Å². The zero-order valence-electron chi connectivity index (χ0n) is 14.7. The summed E-state index contributed by atoms with van der Waals surface area (Å²) in [6.07, 6.45) is 0. The van der Waals surface area contributed by atoms with Crippen LogP contribution in [0.2, 0.25) is 0 Å². The van der Waals surface area contributed by atoms with E-state index in [4.69, 9.17) is 14.2 Å². The summed E-state index contributed by atoms with van der Waals surface area (Å²) in [5.74, 6) is -0.324. The van der Waals surface area contributed by atoms with Gasteiger partial charge in [-0.2, -0.15) is 4.31 Å². The number of nitrogens with one attached hydrogen (secondary N) is 1. The number of carbonyl (C=O) groups excluding carboxylic acids is 1. The number of carbonyl (C=O) groups is 1. The second kappa shape index (κ2) is 8.17. The molecule has 10 nitrogen and oxygen atoms in total. The number of methoxy groups -OCH3 is 2. The SMILES string of the molecule is COc1cc(S(=O)(=O)N2CCOCC2)cc(C(=O)Nc2nncs2)c1OC. The van der Waals surface area contributed by atoms with Crippen LogP contribution in [-0.2, 0) is 14.8 Å². The number of aromatic nitrogens is 2. The topological polar surface area (TPSA) is 120 Å². The van der Waals surface area contributed by atoms with Crippen LogP contribution in [0.3, 0.4) is 0 Å². The van der Waals surface area contributed by atoms with Crippen LogP contribution >= 0.6 is 11.3 Å². The van der Waals surface area contributed by atoms with Gasteiger partial charge in [0.15, 0.2) is 11.5 Å². The minimum atomic E-state index is -3.83. The highest BCUT2D eigenvalue weighted by Gasteiger charge is 2.30. The lowest BCUT2D eigenvalue weighted by molar-refractivity contribution is 0.0730. The number of hydrogen-bond donors (Lipinski definition) is 1. The maximum Gasteiger partial charge on any atom is 0.261 e. The van der Waals surface area contributed by atoms with E-state index in [1.54, 1.807) is 0 Å². The smallest absolute Gasteiger partial charge is 0.261 e.